The van der Waals surface area contributed by atoms with Gasteiger partial charge in [-0.25, -0.2) is 14.4 Å². The molecule has 0 atom stereocenters. The molecule has 0 radical (unpaired) electrons. The fourth-order valence-corrected chi connectivity index (χ4v) is 1.27. The molecule has 21 heavy (non-hydrogen) atoms. The number of phenols is 2. The standard InChI is InChI=1S/C13H12O8/c1-7(2-11(16)17)13(19)20-6-12(18)21-10-4-8(14)3-9(15)5-10/h2-5,14-15H,6H2,1H3,(H,16,17)/b7-2-. The number of esters is 2. The highest BCUT2D eigenvalue weighted by Crippen LogP contribution is 2.25. The summed E-state index contributed by atoms with van der Waals surface area (Å²) in [5.74, 6) is -4.01. The van der Waals surface area contributed by atoms with Crippen LogP contribution in [0.1, 0.15) is 6.92 Å². The lowest BCUT2D eigenvalue weighted by molar-refractivity contribution is -0.150. The summed E-state index contributed by atoms with van der Waals surface area (Å²) in [5.41, 5.74) is -0.190. The lowest BCUT2D eigenvalue weighted by Crippen LogP contribution is -2.19. The molecule has 0 spiro atoms. The predicted molar refractivity (Wildman–Crippen MR) is 67.8 cm³/mol. The Morgan fingerprint density at radius 1 is 1.14 bits per heavy atom. The second-order valence-corrected chi connectivity index (χ2v) is 3.90. The molecule has 112 valence electrons. The third-order valence-corrected chi connectivity index (χ3v) is 2.09. The van der Waals surface area contributed by atoms with Crippen LogP contribution in [0.25, 0.3) is 0 Å². The maximum atomic E-state index is 11.4. The lowest BCUT2D eigenvalue weighted by atomic mass is 10.3. The van der Waals surface area contributed by atoms with E-state index < -0.39 is 24.5 Å². The normalized spacial score (nSPS) is 10.8. The van der Waals surface area contributed by atoms with Gasteiger partial charge in [-0.3, -0.25) is 0 Å². The number of ether oxygens (including phenoxy) is 2. The van der Waals surface area contributed by atoms with E-state index in [0.717, 1.165) is 18.2 Å². The van der Waals surface area contributed by atoms with Crippen molar-refractivity contribution in [3.05, 3.63) is 29.8 Å². The van der Waals surface area contributed by atoms with Crippen LogP contribution in [0, 0.1) is 0 Å². The molecule has 0 heterocycles. The van der Waals surface area contributed by atoms with Gasteiger partial charge in [-0.2, -0.15) is 0 Å². The number of carbonyl (C=O) groups is 3. The Morgan fingerprint density at radius 3 is 2.24 bits per heavy atom. The number of aromatic hydroxyl groups is 2. The first-order chi connectivity index (χ1) is 9.77. The van der Waals surface area contributed by atoms with Gasteiger partial charge in [0.2, 0.25) is 0 Å². The van der Waals surface area contributed by atoms with Crippen molar-refractivity contribution >= 4 is 17.9 Å². The van der Waals surface area contributed by atoms with Gasteiger partial charge in [0.15, 0.2) is 6.61 Å². The number of rotatable bonds is 5. The van der Waals surface area contributed by atoms with Crippen LogP contribution >= 0.6 is 0 Å². The van der Waals surface area contributed by atoms with Crippen LogP contribution in [0.2, 0.25) is 0 Å². The Bertz CT molecular complexity index is 582. The number of carboxylic acid groups (broad SMARTS) is 1. The molecule has 1 aromatic carbocycles. The van der Waals surface area contributed by atoms with E-state index >= 15 is 0 Å². The Balaban J connectivity index is 2.55. The van der Waals surface area contributed by atoms with E-state index in [0.29, 0.717) is 6.08 Å². The fourth-order valence-electron chi connectivity index (χ4n) is 1.27. The van der Waals surface area contributed by atoms with E-state index in [4.69, 9.17) is 9.84 Å². The van der Waals surface area contributed by atoms with Gasteiger partial charge in [0.25, 0.3) is 0 Å². The maximum absolute atomic E-state index is 11.4. The quantitative estimate of drug-likeness (QED) is 0.408. The first-order valence-corrected chi connectivity index (χ1v) is 5.60. The Morgan fingerprint density at radius 2 is 1.71 bits per heavy atom. The van der Waals surface area contributed by atoms with Crippen LogP contribution in [0.3, 0.4) is 0 Å². The number of carbonyl (C=O) groups excluding carboxylic acids is 2. The number of benzene rings is 1. The molecule has 0 aliphatic carbocycles. The highest BCUT2D eigenvalue weighted by Gasteiger charge is 2.13. The third-order valence-electron chi connectivity index (χ3n) is 2.09. The molecule has 0 aliphatic rings. The van der Waals surface area contributed by atoms with Gasteiger partial charge in [-0.1, -0.05) is 0 Å². The van der Waals surface area contributed by atoms with E-state index in [2.05, 4.69) is 4.74 Å². The van der Waals surface area contributed by atoms with Gasteiger partial charge < -0.3 is 24.8 Å². The first-order valence-electron chi connectivity index (χ1n) is 5.60. The molecule has 0 saturated carbocycles. The van der Waals surface area contributed by atoms with Crippen molar-refractivity contribution in [2.24, 2.45) is 0 Å². The SMILES string of the molecule is C/C(=C/C(=O)O)C(=O)OCC(=O)Oc1cc(O)cc(O)c1. The summed E-state index contributed by atoms with van der Waals surface area (Å²) in [6, 6.07) is 3.20. The molecule has 0 bridgehead atoms. The zero-order chi connectivity index (χ0) is 16.0. The minimum absolute atomic E-state index is 0.133. The molecule has 8 heteroatoms. The molecule has 0 unspecified atom stereocenters. The van der Waals surface area contributed by atoms with E-state index in [1.807, 2.05) is 0 Å². The molecule has 0 aromatic heterocycles. The third kappa shape index (κ3) is 5.64. The summed E-state index contributed by atoms with van der Waals surface area (Å²) in [5, 5.41) is 26.8. The van der Waals surface area contributed by atoms with Gasteiger partial charge in [0.1, 0.15) is 17.2 Å². The summed E-state index contributed by atoms with van der Waals surface area (Å²) >= 11 is 0. The van der Waals surface area contributed by atoms with Crippen LogP contribution in [-0.2, 0) is 19.1 Å². The van der Waals surface area contributed by atoms with Crippen molar-refractivity contribution in [3.8, 4) is 17.2 Å². The summed E-state index contributed by atoms with van der Waals surface area (Å²) in [7, 11) is 0. The van der Waals surface area contributed by atoms with Gasteiger partial charge in [0.05, 0.1) is 0 Å². The zero-order valence-electron chi connectivity index (χ0n) is 10.9. The Labute approximate surface area is 118 Å². The molecule has 3 N–H and O–H groups in total. The number of carboxylic acids is 1. The molecule has 1 aromatic rings. The summed E-state index contributed by atoms with van der Waals surface area (Å²) in [6.07, 6.45) is 0.640. The van der Waals surface area contributed by atoms with Crippen molar-refractivity contribution < 1.29 is 39.2 Å². The first kappa shape index (κ1) is 16.0. The van der Waals surface area contributed by atoms with Crippen molar-refractivity contribution in [3.63, 3.8) is 0 Å². The average Bonchev–Trinajstić information content (AvgIpc) is 2.33. The highest BCUT2D eigenvalue weighted by molar-refractivity contribution is 5.95. The summed E-state index contributed by atoms with van der Waals surface area (Å²) in [6.45, 7) is 0.467. The maximum Gasteiger partial charge on any atom is 0.349 e. The van der Waals surface area contributed by atoms with Crippen molar-refractivity contribution in [1.82, 2.24) is 0 Å². The molecule has 0 amide bonds. The number of hydrogen-bond acceptors (Lipinski definition) is 7. The number of hydrogen-bond donors (Lipinski definition) is 3. The number of phenolic OH excluding ortho intramolecular Hbond substituents is 2. The lowest BCUT2D eigenvalue weighted by Gasteiger charge is -2.06. The molecular weight excluding hydrogens is 284 g/mol. The van der Waals surface area contributed by atoms with Crippen molar-refractivity contribution in [2.45, 2.75) is 6.92 Å². The van der Waals surface area contributed by atoms with E-state index in [1.54, 1.807) is 0 Å². The summed E-state index contributed by atoms with van der Waals surface area (Å²) in [4.78, 5) is 33.0. The van der Waals surface area contributed by atoms with Crippen molar-refractivity contribution in [2.75, 3.05) is 6.61 Å². The van der Waals surface area contributed by atoms with E-state index in [-0.39, 0.29) is 22.8 Å². The van der Waals surface area contributed by atoms with E-state index in [1.165, 1.54) is 6.92 Å². The smallest absolute Gasteiger partial charge is 0.349 e. The van der Waals surface area contributed by atoms with Gasteiger partial charge >= 0.3 is 17.9 Å². The minimum Gasteiger partial charge on any atom is -0.508 e. The van der Waals surface area contributed by atoms with Crippen LogP contribution < -0.4 is 4.74 Å². The monoisotopic (exact) mass is 296 g/mol. The van der Waals surface area contributed by atoms with Crippen molar-refractivity contribution in [1.29, 1.82) is 0 Å². The molecule has 1 rings (SSSR count). The summed E-state index contributed by atoms with van der Waals surface area (Å²) < 4.78 is 9.24. The van der Waals surface area contributed by atoms with Gasteiger partial charge in [-0.05, 0) is 6.92 Å². The fraction of sp³-hybridized carbons (Fsp3) is 0.154. The second-order valence-electron chi connectivity index (χ2n) is 3.90. The topological polar surface area (TPSA) is 130 Å². The molecule has 0 saturated heterocycles. The van der Waals surface area contributed by atoms with Crippen LogP contribution in [0.4, 0.5) is 0 Å². The highest BCUT2D eigenvalue weighted by atomic mass is 16.6. The van der Waals surface area contributed by atoms with Crippen LogP contribution in [-0.4, -0.2) is 39.8 Å². The van der Waals surface area contributed by atoms with Crippen LogP contribution in [0.5, 0.6) is 17.2 Å². The number of aliphatic carboxylic acids is 1. The van der Waals surface area contributed by atoms with Gasteiger partial charge in [0, 0.05) is 29.8 Å². The van der Waals surface area contributed by atoms with Gasteiger partial charge in [-0.15, -0.1) is 0 Å². The average molecular weight is 296 g/mol. The van der Waals surface area contributed by atoms with Crippen LogP contribution in [0.15, 0.2) is 29.8 Å². The zero-order valence-corrected chi connectivity index (χ0v) is 10.9. The second kappa shape index (κ2) is 6.94. The molecular formula is C13H12O8. The molecule has 8 nitrogen and oxygen atoms in total. The van der Waals surface area contributed by atoms with E-state index in [9.17, 15) is 24.6 Å². The Hall–Kier alpha value is -3.03. The molecule has 0 aliphatic heterocycles. The predicted octanol–water partition coefficient (Wildman–Crippen LogP) is 0.577. The Kier molecular flexibility index (Phi) is 5.30. The molecule has 0 fully saturated rings. The largest absolute Gasteiger partial charge is 0.508 e. The minimum atomic E-state index is -1.32.